The number of nitrogens with one attached hydrogen (secondary N) is 2. The van der Waals surface area contributed by atoms with Crippen molar-refractivity contribution < 1.29 is 38.8 Å². The van der Waals surface area contributed by atoms with E-state index in [0.29, 0.717) is 62.6 Å². The molecule has 0 atom stereocenters. The van der Waals surface area contributed by atoms with E-state index < -0.39 is 58.0 Å². The van der Waals surface area contributed by atoms with Crippen LogP contribution in [0.25, 0.3) is 33.4 Å². The van der Waals surface area contributed by atoms with Gasteiger partial charge in [-0.3, -0.25) is 0 Å². The highest BCUT2D eigenvalue weighted by molar-refractivity contribution is 8.04. The maximum atomic E-state index is 15.1. The molecule has 1 heterocycles. The second kappa shape index (κ2) is 20.2. The van der Waals surface area contributed by atoms with E-state index in [9.17, 15) is 25.6 Å². The van der Waals surface area contributed by atoms with Crippen molar-refractivity contribution in [1.29, 1.82) is 0 Å². The number of benzene rings is 6. The van der Waals surface area contributed by atoms with Gasteiger partial charge in [-0.2, -0.15) is 0 Å². The summed E-state index contributed by atoms with van der Waals surface area (Å²) in [6.45, 7) is 17.2. The molecule has 8 nitrogen and oxygen atoms in total. The quantitative estimate of drug-likeness (QED) is 0.0384. The lowest BCUT2D eigenvalue weighted by atomic mass is 9.93. The van der Waals surface area contributed by atoms with Gasteiger partial charge in [-0.1, -0.05) is 110 Å². The fourth-order valence-corrected chi connectivity index (χ4v) is 12.0. The normalized spacial score (nSPS) is 12.8. The number of nitrogens with zero attached hydrogens (tertiary/aromatic N) is 1. The molecule has 0 saturated carbocycles. The molecule has 2 N–H and O–H groups in total. The van der Waals surface area contributed by atoms with E-state index in [-0.39, 0.29) is 5.56 Å². The molecule has 1 aliphatic carbocycles. The first kappa shape index (κ1) is 50.4. The molecule has 15 heteroatoms. The molecule has 0 fully saturated rings. The Labute approximate surface area is 401 Å². The number of sulfonamides is 2. The second-order valence-corrected chi connectivity index (χ2v) is 22.9. The Hall–Kier alpha value is -5.48. The maximum absolute atomic E-state index is 15.1. The third-order valence-corrected chi connectivity index (χ3v) is 15.3. The number of halogens is 4. The van der Waals surface area contributed by atoms with Crippen LogP contribution in [0.5, 0.6) is 0 Å². The molecule has 7 rings (SSSR count). The minimum absolute atomic E-state index is 0.0154. The molecule has 358 valence electrons. The van der Waals surface area contributed by atoms with E-state index >= 15 is 8.78 Å². The van der Waals surface area contributed by atoms with E-state index in [1.807, 2.05) is 18.2 Å². The average molecular weight is 986 g/mol. The predicted octanol–water partition coefficient (Wildman–Crippen LogP) is 13.5. The smallest absolute Gasteiger partial charge is 0.259 e. The third kappa shape index (κ3) is 10.7. The van der Waals surface area contributed by atoms with Crippen LogP contribution in [0.4, 0.5) is 34.6 Å². The zero-order valence-corrected chi connectivity index (χ0v) is 41.7. The van der Waals surface area contributed by atoms with Crippen molar-refractivity contribution in [3.05, 3.63) is 148 Å². The Morgan fingerprint density at radius 1 is 0.588 bits per heavy atom. The number of anilines is 2. The Morgan fingerprint density at radius 3 is 1.68 bits per heavy atom. The number of para-hydroxylation sites is 2. The molecule has 0 radical (unpaired) electrons. The molecule has 0 bridgehead atoms. The number of hydrogen-bond acceptors (Lipinski definition) is 8. The van der Waals surface area contributed by atoms with Crippen LogP contribution >= 0.6 is 12.6 Å². The summed E-state index contributed by atoms with van der Waals surface area (Å²) in [5.41, 5.74) is 8.04. The fraction of sp³-hybridized carbons (Fsp3) is 0.302. The van der Waals surface area contributed by atoms with Crippen LogP contribution in [0.15, 0.2) is 121 Å². The van der Waals surface area contributed by atoms with Crippen molar-refractivity contribution in [3.63, 3.8) is 0 Å². The van der Waals surface area contributed by atoms with Gasteiger partial charge in [-0.15, -0.1) is 16.8 Å². The van der Waals surface area contributed by atoms with E-state index in [1.54, 1.807) is 30.3 Å². The van der Waals surface area contributed by atoms with Crippen molar-refractivity contribution >= 4 is 60.7 Å². The highest BCUT2D eigenvalue weighted by Crippen LogP contribution is 2.44. The van der Waals surface area contributed by atoms with Gasteiger partial charge in [0.1, 0.15) is 11.3 Å². The average Bonchev–Trinajstić information content (AvgIpc) is 3.25. The van der Waals surface area contributed by atoms with Crippen molar-refractivity contribution in [3.8, 4) is 22.5 Å². The number of hydrogen-bond donors (Lipinski definition) is 3. The van der Waals surface area contributed by atoms with Crippen LogP contribution in [-0.4, -0.2) is 16.8 Å². The molecule has 5 aromatic rings. The Morgan fingerprint density at radius 2 is 1.12 bits per heavy atom. The van der Waals surface area contributed by atoms with Crippen LogP contribution in [-0.2, 0) is 45.7 Å². The summed E-state index contributed by atoms with van der Waals surface area (Å²) in [5, 5.41) is 4.66. The van der Waals surface area contributed by atoms with Gasteiger partial charge in [0.05, 0.1) is 20.8 Å². The summed E-state index contributed by atoms with van der Waals surface area (Å²) >= 11 is 3.40. The zero-order chi connectivity index (χ0) is 49.4. The topological polar surface area (TPSA) is 118 Å². The highest BCUT2D eigenvalue weighted by atomic mass is 32.3. The van der Waals surface area contributed by atoms with Gasteiger partial charge in [-0.25, -0.2) is 39.4 Å². The maximum Gasteiger partial charge on any atom is 0.259 e. The van der Waals surface area contributed by atoms with E-state index in [1.165, 1.54) is 16.3 Å². The first-order chi connectivity index (χ1) is 32.1. The van der Waals surface area contributed by atoms with E-state index in [2.05, 4.69) is 104 Å². The van der Waals surface area contributed by atoms with Crippen LogP contribution in [0.3, 0.4) is 0 Å². The lowest BCUT2D eigenvalue weighted by molar-refractivity contribution is 0.395. The van der Waals surface area contributed by atoms with Crippen LogP contribution in [0, 0.1) is 46.9 Å². The summed E-state index contributed by atoms with van der Waals surface area (Å²) in [7, 11) is -11.1. The molecule has 0 saturated heterocycles. The summed E-state index contributed by atoms with van der Waals surface area (Å²) < 4.78 is 123. The predicted molar refractivity (Wildman–Crippen MR) is 265 cm³/mol. The molecule has 68 heavy (non-hydrogen) atoms. The molecule has 0 spiro atoms. The van der Waals surface area contributed by atoms with Gasteiger partial charge in [0.15, 0.2) is 28.2 Å². The third-order valence-electron chi connectivity index (χ3n) is 11.3. The molecule has 2 aliphatic rings. The lowest BCUT2D eigenvalue weighted by Gasteiger charge is -2.21. The van der Waals surface area contributed by atoms with Crippen molar-refractivity contribution in [2.24, 2.45) is 28.7 Å². The Kier molecular flexibility index (Phi) is 15.0. The standard InChI is InChI=1S/C53H55F4N3O5S3/c1-29(2)23-33-13-11-14-34(24-30(3)4)50(33)58-37-19-21-39-42(27-37)65-43-28-38(59-51-35(25-31(5)6)15-12-16-36(51)26-32(7)8)20-22-40(43)45(39)41-17-9-10-18-44(41)67(61,62)60-68(63,64)53-48(56)46(54)52(66)47(55)49(53)57/h9-22,27-32,58,60,66H,23-26H2,1-8H3/b59-38-. The first-order valence-electron chi connectivity index (χ1n) is 22.5. The van der Waals surface area contributed by atoms with Crippen LogP contribution in [0.2, 0.25) is 0 Å². The summed E-state index contributed by atoms with van der Waals surface area (Å²) in [5.74, 6) is -7.14. The monoisotopic (exact) mass is 985 g/mol. The van der Waals surface area contributed by atoms with Gasteiger partial charge in [0.25, 0.3) is 20.0 Å². The fourth-order valence-electron chi connectivity index (χ4n) is 8.60. The van der Waals surface area contributed by atoms with E-state index in [0.717, 1.165) is 65.4 Å². The summed E-state index contributed by atoms with van der Waals surface area (Å²) in [4.78, 5) is 1.02. The summed E-state index contributed by atoms with van der Waals surface area (Å²) in [6.07, 6.45) is 3.24. The van der Waals surface area contributed by atoms with Crippen molar-refractivity contribution in [1.82, 2.24) is 4.13 Å². The van der Waals surface area contributed by atoms with Crippen LogP contribution < -0.4 is 14.8 Å². The Balaban J connectivity index is 1.47. The summed E-state index contributed by atoms with van der Waals surface area (Å²) in [6, 6.07) is 28.7. The van der Waals surface area contributed by atoms with Gasteiger partial charge >= 0.3 is 0 Å². The molecule has 0 amide bonds. The molecule has 0 aromatic heterocycles. The van der Waals surface area contributed by atoms with Gasteiger partial charge in [0, 0.05) is 45.6 Å². The molecular weight excluding hydrogens is 931 g/mol. The lowest BCUT2D eigenvalue weighted by Crippen LogP contribution is -2.33. The molecule has 1 aliphatic heterocycles. The first-order valence-corrected chi connectivity index (χ1v) is 25.9. The SMILES string of the molecule is CC(C)Cc1cccc(CC(C)C)c1/N=c1/ccc2c(-c3ccccc3S(=O)(=O)NS(=O)(=O)c3c(F)c(F)c(S)c(F)c3F)c3ccc(Nc4c(CC(C)C)cccc4CC(C)C)cc3oc-2c1. The van der Waals surface area contributed by atoms with Gasteiger partial charge in [0.2, 0.25) is 0 Å². The van der Waals surface area contributed by atoms with Crippen molar-refractivity contribution in [2.45, 2.75) is 95.8 Å². The molecule has 0 unspecified atom stereocenters. The zero-order valence-electron chi connectivity index (χ0n) is 39.1. The number of rotatable bonds is 16. The van der Waals surface area contributed by atoms with Crippen LogP contribution in [0.1, 0.15) is 77.6 Å². The number of fused-ring (bicyclic) bond motifs is 2. The van der Waals surface area contributed by atoms with Gasteiger partial charge < -0.3 is 9.73 Å². The van der Waals surface area contributed by atoms with Gasteiger partial charge in [-0.05, 0) is 102 Å². The largest absolute Gasteiger partial charge is 0.456 e. The second-order valence-electron chi connectivity index (χ2n) is 18.9. The minimum Gasteiger partial charge on any atom is -0.456 e. The molecule has 5 aromatic carbocycles. The number of thiol groups is 1. The molecular formula is C53H55F4N3O5S3. The van der Waals surface area contributed by atoms with Crippen molar-refractivity contribution in [2.75, 3.05) is 5.32 Å². The Bertz CT molecular complexity index is 3230. The minimum atomic E-state index is -5.83. The highest BCUT2D eigenvalue weighted by Gasteiger charge is 2.37. The van der Waals surface area contributed by atoms with E-state index in [4.69, 9.17) is 9.41 Å².